The smallest absolute Gasteiger partial charge is 0.261 e. The third-order valence-electron chi connectivity index (χ3n) is 5.88. The molecule has 3 rings (SSSR count). The lowest BCUT2D eigenvalue weighted by Gasteiger charge is -2.32. The number of benzene rings is 3. The van der Waals surface area contributed by atoms with Crippen molar-refractivity contribution in [3.63, 3.8) is 0 Å². The maximum atomic E-state index is 13.6. The van der Waals surface area contributed by atoms with Gasteiger partial charge in [-0.05, 0) is 54.7 Å². The average Bonchev–Trinajstić information content (AvgIpc) is 2.86. The Balaban J connectivity index is 1.90. The molecule has 1 atom stereocenters. The van der Waals surface area contributed by atoms with Crippen LogP contribution in [0.4, 0.5) is 0 Å². The van der Waals surface area contributed by atoms with Crippen LogP contribution in [-0.4, -0.2) is 35.9 Å². The summed E-state index contributed by atoms with van der Waals surface area (Å²) in [4.78, 5) is 28.7. The molecule has 190 valence electrons. The third-order valence-corrected chi connectivity index (χ3v) is 6.31. The molecule has 0 aliphatic heterocycles. The normalized spacial score (nSPS) is 11.7. The number of carbonyl (C=O) groups is 2. The molecule has 1 N–H and O–H groups in total. The van der Waals surface area contributed by atoms with E-state index in [9.17, 15) is 9.59 Å². The van der Waals surface area contributed by atoms with Crippen molar-refractivity contribution in [3.05, 3.63) is 100 Å². The number of halogens is 1. The molecule has 0 heterocycles. The van der Waals surface area contributed by atoms with Crippen molar-refractivity contribution in [2.45, 2.75) is 46.7 Å². The number of aryl methyl sites for hydroxylation is 2. The lowest BCUT2D eigenvalue weighted by atomic mass is 10.0. The Labute approximate surface area is 219 Å². The van der Waals surface area contributed by atoms with Crippen molar-refractivity contribution in [3.8, 4) is 5.75 Å². The van der Waals surface area contributed by atoms with Crippen molar-refractivity contribution in [2.75, 3.05) is 13.2 Å². The zero-order chi connectivity index (χ0) is 26.1. The molecular weight excluding hydrogens is 472 g/mol. The van der Waals surface area contributed by atoms with Crippen LogP contribution in [0.15, 0.2) is 72.8 Å². The van der Waals surface area contributed by atoms with Crippen LogP contribution in [-0.2, 0) is 22.6 Å². The molecule has 2 amide bonds. The van der Waals surface area contributed by atoms with Gasteiger partial charge in [0.2, 0.25) is 5.91 Å². The summed E-state index contributed by atoms with van der Waals surface area (Å²) in [5, 5.41) is 3.67. The van der Waals surface area contributed by atoms with Gasteiger partial charge in [-0.2, -0.15) is 0 Å². The first-order valence-corrected chi connectivity index (χ1v) is 12.7. The van der Waals surface area contributed by atoms with E-state index >= 15 is 0 Å². The van der Waals surface area contributed by atoms with Gasteiger partial charge in [-0.25, -0.2) is 0 Å². The van der Waals surface area contributed by atoms with Crippen LogP contribution in [0.25, 0.3) is 0 Å². The highest BCUT2D eigenvalue weighted by atomic mass is 35.5. The molecule has 0 aromatic heterocycles. The highest BCUT2D eigenvalue weighted by Crippen LogP contribution is 2.22. The fourth-order valence-electron chi connectivity index (χ4n) is 3.92. The van der Waals surface area contributed by atoms with Gasteiger partial charge in [0.15, 0.2) is 6.61 Å². The van der Waals surface area contributed by atoms with Crippen LogP contribution in [0.5, 0.6) is 5.75 Å². The summed E-state index contributed by atoms with van der Waals surface area (Å²) in [6.45, 7) is 8.64. The van der Waals surface area contributed by atoms with Crippen molar-refractivity contribution >= 4 is 23.4 Å². The first kappa shape index (κ1) is 27.3. The number of carbonyl (C=O) groups excluding carboxylic acids is 2. The van der Waals surface area contributed by atoms with Gasteiger partial charge in [0.25, 0.3) is 5.91 Å². The molecular formula is C30H35ClN2O3. The predicted molar refractivity (Wildman–Crippen MR) is 145 cm³/mol. The molecule has 5 nitrogen and oxygen atoms in total. The van der Waals surface area contributed by atoms with Crippen LogP contribution in [0.3, 0.4) is 0 Å². The van der Waals surface area contributed by atoms with E-state index in [1.165, 1.54) is 0 Å². The van der Waals surface area contributed by atoms with Crippen LogP contribution in [0.1, 0.15) is 36.1 Å². The molecule has 0 spiro atoms. The molecule has 0 saturated carbocycles. The highest BCUT2D eigenvalue weighted by Gasteiger charge is 2.30. The zero-order valence-electron chi connectivity index (χ0n) is 21.5. The predicted octanol–water partition coefficient (Wildman–Crippen LogP) is 5.75. The number of ether oxygens (including phenoxy) is 1. The van der Waals surface area contributed by atoms with Gasteiger partial charge in [-0.3, -0.25) is 9.59 Å². The Morgan fingerprint density at radius 2 is 1.67 bits per heavy atom. The Morgan fingerprint density at radius 1 is 0.944 bits per heavy atom. The van der Waals surface area contributed by atoms with Gasteiger partial charge in [0.05, 0.1) is 0 Å². The molecule has 0 aliphatic carbocycles. The minimum absolute atomic E-state index is 0.170. The molecule has 3 aromatic rings. The minimum atomic E-state index is -0.685. The molecule has 0 fully saturated rings. The number of amides is 2. The summed E-state index contributed by atoms with van der Waals surface area (Å²) in [6.07, 6.45) is 0.405. The van der Waals surface area contributed by atoms with E-state index in [4.69, 9.17) is 16.3 Å². The number of rotatable bonds is 11. The summed E-state index contributed by atoms with van der Waals surface area (Å²) >= 11 is 6.13. The number of hydrogen-bond acceptors (Lipinski definition) is 3. The lowest BCUT2D eigenvalue weighted by molar-refractivity contribution is -0.142. The first-order valence-electron chi connectivity index (χ1n) is 12.3. The molecule has 0 radical (unpaired) electrons. The van der Waals surface area contributed by atoms with Crippen LogP contribution in [0, 0.1) is 19.8 Å². The summed E-state index contributed by atoms with van der Waals surface area (Å²) in [5.74, 6) is 0.425. The summed E-state index contributed by atoms with van der Waals surface area (Å²) in [6, 6.07) is 22.4. The van der Waals surface area contributed by atoms with Crippen LogP contribution in [0.2, 0.25) is 5.02 Å². The minimum Gasteiger partial charge on any atom is -0.484 e. The quantitative estimate of drug-likeness (QED) is 0.360. The largest absolute Gasteiger partial charge is 0.484 e. The van der Waals surface area contributed by atoms with E-state index in [0.29, 0.717) is 36.2 Å². The lowest BCUT2D eigenvalue weighted by Crippen LogP contribution is -2.52. The van der Waals surface area contributed by atoms with Gasteiger partial charge in [0, 0.05) is 24.5 Å². The molecule has 3 aromatic carbocycles. The number of nitrogens with zero attached hydrogens (tertiary/aromatic N) is 1. The maximum absolute atomic E-state index is 13.6. The molecule has 36 heavy (non-hydrogen) atoms. The Bertz CT molecular complexity index is 1160. The molecule has 0 aliphatic rings. The van der Waals surface area contributed by atoms with Gasteiger partial charge < -0.3 is 15.0 Å². The SMILES string of the molecule is Cc1cccc(CN(C(=O)COc2ccc(Cl)c(C)c2)C(Cc2ccccc2)C(=O)NCC(C)C)c1. The summed E-state index contributed by atoms with van der Waals surface area (Å²) in [7, 11) is 0. The van der Waals surface area contributed by atoms with Gasteiger partial charge in [0.1, 0.15) is 11.8 Å². The second-order valence-electron chi connectivity index (χ2n) is 9.55. The number of hydrogen-bond donors (Lipinski definition) is 1. The standard InChI is InChI=1S/C30H35ClN2O3/c1-21(2)18-32-30(35)28(17-24-10-6-5-7-11-24)33(19-25-12-8-9-22(3)15-25)29(34)20-36-26-13-14-27(31)23(4)16-26/h5-16,21,28H,17-20H2,1-4H3,(H,32,35). The van der Waals surface area contributed by atoms with Gasteiger partial charge in [-0.15, -0.1) is 0 Å². The Kier molecular flexibility index (Phi) is 9.95. The fourth-order valence-corrected chi connectivity index (χ4v) is 4.04. The van der Waals surface area contributed by atoms with E-state index < -0.39 is 6.04 Å². The van der Waals surface area contributed by atoms with Crippen molar-refractivity contribution < 1.29 is 14.3 Å². The average molecular weight is 507 g/mol. The molecule has 1 unspecified atom stereocenters. The molecule has 6 heteroatoms. The topological polar surface area (TPSA) is 58.6 Å². The monoisotopic (exact) mass is 506 g/mol. The number of nitrogens with one attached hydrogen (secondary N) is 1. The van der Waals surface area contributed by atoms with E-state index in [0.717, 1.165) is 22.3 Å². The van der Waals surface area contributed by atoms with E-state index in [1.807, 2.05) is 82.3 Å². The second kappa shape index (κ2) is 13.1. The first-order chi connectivity index (χ1) is 17.2. The third kappa shape index (κ3) is 8.13. The van der Waals surface area contributed by atoms with Crippen molar-refractivity contribution in [1.29, 1.82) is 0 Å². The molecule has 0 bridgehead atoms. The van der Waals surface area contributed by atoms with Crippen molar-refractivity contribution in [1.82, 2.24) is 10.2 Å². The van der Waals surface area contributed by atoms with Crippen LogP contribution < -0.4 is 10.1 Å². The Hall–Kier alpha value is -3.31. The second-order valence-corrected chi connectivity index (χ2v) is 9.96. The van der Waals surface area contributed by atoms with Gasteiger partial charge in [-0.1, -0.05) is 85.6 Å². The maximum Gasteiger partial charge on any atom is 0.261 e. The zero-order valence-corrected chi connectivity index (χ0v) is 22.2. The fraction of sp³-hybridized carbons (Fsp3) is 0.333. The summed E-state index contributed by atoms with van der Waals surface area (Å²) in [5.41, 5.74) is 3.91. The van der Waals surface area contributed by atoms with E-state index in [1.54, 1.807) is 23.1 Å². The van der Waals surface area contributed by atoms with Gasteiger partial charge >= 0.3 is 0 Å². The van der Waals surface area contributed by atoms with E-state index in [-0.39, 0.29) is 18.4 Å². The Morgan fingerprint density at radius 3 is 2.33 bits per heavy atom. The van der Waals surface area contributed by atoms with E-state index in [2.05, 4.69) is 5.32 Å². The summed E-state index contributed by atoms with van der Waals surface area (Å²) < 4.78 is 5.84. The molecule has 0 saturated heterocycles. The van der Waals surface area contributed by atoms with Crippen molar-refractivity contribution in [2.24, 2.45) is 5.92 Å². The highest BCUT2D eigenvalue weighted by molar-refractivity contribution is 6.31. The van der Waals surface area contributed by atoms with Crippen LogP contribution >= 0.6 is 11.6 Å².